The van der Waals surface area contributed by atoms with Crippen LogP contribution < -0.4 is 16.0 Å². The van der Waals surface area contributed by atoms with Crippen LogP contribution in [0.4, 0.5) is 4.39 Å². The van der Waals surface area contributed by atoms with Crippen LogP contribution >= 0.6 is 0 Å². The highest BCUT2D eigenvalue weighted by molar-refractivity contribution is 5.79. The summed E-state index contributed by atoms with van der Waals surface area (Å²) in [7, 11) is 3.00. The van der Waals surface area contributed by atoms with Gasteiger partial charge in [0.05, 0.1) is 17.1 Å². The summed E-state index contributed by atoms with van der Waals surface area (Å²) >= 11 is 0. The highest BCUT2D eigenvalue weighted by Gasteiger charge is 2.29. The van der Waals surface area contributed by atoms with Gasteiger partial charge in [-0.05, 0) is 55.7 Å². The zero-order valence-electron chi connectivity index (χ0n) is 17.4. The van der Waals surface area contributed by atoms with Crippen molar-refractivity contribution in [1.29, 1.82) is 0 Å². The molecule has 0 spiro atoms. The van der Waals surface area contributed by atoms with Crippen LogP contribution in [0.5, 0.6) is 5.75 Å². The van der Waals surface area contributed by atoms with Crippen molar-refractivity contribution in [2.45, 2.75) is 25.3 Å². The Labute approximate surface area is 177 Å². The number of pyridine rings is 1. The maximum atomic E-state index is 13.0. The number of rotatable bonds is 4. The van der Waals surface area contributed by atoms with E-state index < -0.39 is 11.2 Å². The fourth-order valence-corrected chi connectivity index (χ4v) is 3.95. The molecule has 0 radical (unpaired) electrons. The van der Waals surface area contributed by atoms with Gasteiger partial charge in [0.2, 0.25) is 0 Å². The third kappa shape index (κ3) is 3.95. The number of aromatic nitrogens is 3. The molecule has 2 aromatic heterocycles. The number of hydrogen-bond acceptors (Lipinski definition) is 5. The smallest absolute Gasteiger partial charge is 0.332 e. The first-order valence-electron chi connectivity index (χ1n) is 10.1. The third-order valence-electron chi connectivity index (χ3n) is 5.66. The largest absolute Gasteiger partial charge is 0.484 e. The molecule has 31 heavy (non-hydrogen) atoms. The van der Waals surface area contributed by atoms with E-state index in [4.69, 9.17) is 4.74 Å². The zero-order chi connectivity index (χ0) is 22.1. The minimum Gasteiger partial charge on any atom is -0.484 e. The molecule has 1 aliphatic heterocycles. The molecule has 9 heteroatoms. The molecule has 0 N–H and O–H groups in total. The van der Waals surface area contributed by atoms with Crippen LogP contribution in [0, 0.1) is 5.82 Å². The molecule has 8 nitrogen and oxygen atoms in total. The summed E-state index contributed by atoms with van der Waals surface area (Å²) in [6.07, 6.45) is 2.52. The number of nitrogens with zero attached hydrogens (tertiary/aromatic N) is 4. The maximum Gasteiger partial charge on any atom is 0.332 e. The van der Waals surface area contributed by atoms with E-state index in [0.29, 0.717) is 29.0 Å². The summed E-state index contributed by atoms with van der Waals surface area (Å²) in [5, 5.41) is 0.349. The first kappa shape index (κ1) is 20.8. The Kier molecular flexibility index (Phi) is 5.58. The number of likely N-dealkylation sites (tertiary alicyclic amines) is 1. The topological polar surface area (TPSA) is 86.4 Å². The number of fused-ring (bicyclic) bond motifs is 1. The molecular formula is C22H23FN4O4. The minimum atomic E-state index is -0.452. The molecule has 1 aromatic carbocycles. The van der Waals surface area contributed by atoms with Gasteiger partial charge in [0, 0.05) is 20.6 Å². The molecule has 0 aliphatic carbocycles. The number of amides is 1. The molecule has 1 fully saturated rings. The van der Waals surface area contributed by atoms with Crippen molar-refractivity contribution < 1.29 is 13.9 Å². The average Bonchev–Trinajstić information content (AvgIpc) is 2.80. The van der Waals surface area contributed by atoms with Crippen LogP contribution in [0.3, 0.4) is 0 Å². The van der Waals surface area contributed by atoms with E-state index in [2.05, 4.69) is 4.98 Å². The van der Waals surface area contributed by atoms with Crippen molar-refractivity contribution in [3.05, 3.63) is 68.7 Å². The van der Waals surface area contributed by atoms with E-state index in [9.17, 15) is 18.8 Å². The lowest BCUT2D eigenvalue weighted by molar-refractivity contribution is -0.137. The van der Waals surface area contributed by atoms with Crippen LogP contribution in [0.2, 0.25) is 0 Å². The molecule has 1 atom stereocenters. The highest BCUT2D eigenvalue weighted by atomic mass is 19.1. The Bertz CT molecular complexity index is 1250. The number of carbonyl (C=O) groups is 1. The molecule has 1 amide bonds. The summed E-state index contributed by atoms with van der Waals surface area (Å²) in [4.78, 5) is 43.9. The van der Waals surface area contributed by atoms with Crippen LogP contribution in [-0.4, -0.2) is 38.1 Å². The van der Waals surface area contributed by atoms with Crippen molar-refractivity contribution in [2.75, 3.05) is 13.2 Å². The van der Waals surface area contributed by atoms with Gasteiger partial charge >= 0.3 is 5.69 Å². The molecule has 1 aliphatic rings. The van der Waals surface area contributed by atoms with E-state index in [1.165, 1.54) is 35.9 Å². The van der Waals surface area contributed by atoms with E-state index in [-0.39, 0.29) is 24.4 Å². The summed E-state index contributed by atoms with van der Waals surface area (Å²) in [5.74, 6) is -0.159. The van der Waals surface area contributed by atoms with Crippen LogP contribution in [0.25, 0.3) is 11.0 Å². The first-order chi connectivity index (χ1) is 14.9. The zero-order valence-corrected chi connectivity index (χ0v) is 17.4. The van der Waals surface area contributed by atoms with Crippen molar-refractivity contribution in [1.82, 2.24) is 19.0 Å². The van der Waals surface area contributed by atoms with E-state index in [1.54, 1.807) is 24.1 Å². The minimum absolute atomic E-state index is 0.172. The fraction of sp³-hybridized carbons (Fsp3) is 0.364. The molecule has 4 rings (SSSR count). The van der Waals surface area contributed by atoms with Gasteiger partial charge in [0.1, 0.15) is 17.2 Å². The van der Waals surface area contributed by atoms with Gasteiger partial charge in [-0.3, -0.25) is 18.7 Å². The maximum absolute atomic E-state index is 13.0. The summed E-state index contributed by atoms with van der Waals surface area (Å²) in [5.41, 5.74) is 0.0737. The first-order valence-corrected chi connectivity index (χ1v) is 10.1. The number of hydrogen-bond donors (Lipinski definition) is 0. The lowest BCUT2D eigenvalue weighted by Crippen LogP contribution is -2.41. The van der Waals surface area contributed by atoms with Gasteiger partial charge < -0.3 is 9.64 Å². The second-order valence-corrected chi connectivity index (χ2v) is 7.65. The number of ether oxygens (including phenoxy) is 1. The van der Waals surface area contributed by atoms with Crippen LogP contribution in [0.1, 0.15) is 31.0 Å². The Morgan fingerprint density at radius 1 is 1.10 bits per heavy atom. The molecule has 1 saturated heterocycles. The van der Waals surface area contributed by atoms with Gasteiger partial charge in [-0.15, -0.1) is 0 Å². The number of piperidine rings is 1. The van der Waals surface area contributed by atoms with Crippen molar-refractivity contribution >= 4 is 16.9 Å². The van der Waals surface area contributed by atoms with Gasteiger partial charge in [0.15, 0.2) is 6.61 Å². The predicted octanol–water partition coefficient (Wildman–Crippen LogP) is 1.90. The second-order valence-electron chi connectivity index (χ2n) is 7.65. The van der Waals surface area contributed by atoms with Crippen molar-refractivity contribution in [3.63, 3.8) is 0 Å². The van der Waals surface area contributed by atoms with E-state index >= 15 is 0 Å². The Hall–Kier alpha value is -3.49. The monoisotopic (exact) mass is 426 g/mol. The Morgan fingerprint density at radius 2 is 1.84 bits per heavy atom. The quantitative estimate of drug-likeness (QED) is 0.636. The molecular weight excluding hydrogens is 403 g/mol. The van der Waals surface area contributed by atoms with Gasteiger partial charge in [-0.2, -0.15) is 0 Å². The summed E-state index contributed by atoms with van der Waals surface area (Å²) in [6, 6.07) is 8.62. The lowest BCUT2D eigenvalue weighted by Gasteiger charge is -2.35. The second kappa shape index (κ2) is 8.33. The predicted molar refractivity (Wildman–Crippen MR) is 112 cm³/mol. The van der Waals surface area contributed by atoms with Gasteiger partial charge in [-0.25, -0.2) is 14.2 Å². The number of halogens is 1. The van der Waals surface area contributed by atoms with E-state index in [0.717, 1.165) is 23.8 Å². The molecule has 0 unspecified atom stereocenters. The standard InChI is InChI=1S/C22H23FN4O4/c1-25-20-16(21(29)26(2)22(25)30)10-11-17(24-20)18-5-3-4-12-27(18)19(28)13-31-15-8-6-14(23)7-9-15/h6-11,18H,3-5,12-13H2,1-2H3/t18-/m0/s1. The summed E-state index contributed by atoms with van der Waals surface area (Å²) in [6.45, 7) is 0.389. The van der Waals surface area contributed by atoms with Crippen LogP contribution in [-0.2, 0) is 18.9 Å². The average molecular weight is 426 g/mol. The third-order valence-corrected chi connectivity index (χ3v) is 5.66. The molecule has 3 heterocycles. The van der Waals surface area contributed by atoms with Crippen molar-refractivity contribution in [3.8, 4) is 5.75 Å². The number of benzene rings is 1. The summed E-state index contributed by atoms with van der Waals surface area (Å²) < 4.78 is 21.0. The molecule has 162 valence electrons. The fourth-order valence-electron chi connectivity index (χ4n) is 3.95. The normalized spacial score (nSPS) is 16.5. The highest BCUT2D eigenvalue weighted by Crippen LogP contribution is 2.30. The van der Waals surface area contributed by atoms with Crippen molar-refractivity contribution in [2.24, 2.45) is 14.1 Å². The Balaban J connectivity index is 1.61. The number of carbonyl (C=O) groups excluding carboxylic acids is 1. The van der Waals surface area contributed by atoms with Gasteiger partial charge in [0.25, 0.3) is 11.5 Å². The Morgan fingerprint density at radius 3 is 2.58 bits per heavy atom. The van der Waals surface area contributed by atoms with Gasteiger partial charge in [-0.1, -0.05) is 0 Å². The van der Waals surface area contributed by atoms with Crippen LogP contribution in [0.15, 0.2) is 46.0 Å². The molecule has 0 bridgehead atoms. The molecule has 0 saturated carbocycles. The lowest BCUT2D eigenvalue weighted by atomic mass is 9.98. The molecule has 3 aromatic rings. The SMILES string of the molecule is Cn1c(=O)c2ccc([C@@H]3CCCCN3C(=O)COc3ccc(F)cc3)nc2n(C)c1=O. The number of aryl methyl sites for hydroxylation is 1. The van der Waals surface area contributed by atoms with E-state index in [1.807, 2.05) is 0 Å².